The predicted octanol–water partition coefficient (Wildman–Crippen LogP) is 2.37. The third-order valence-corrected chi connectivity index (χ3v) is 3.37. The van der Waals surface area contributed by atoms with Crippen molar-refractivity contribution in [1.29, 1.82) is 0 Å². The summed E-state index contributed by atoms with van der Waals surface area (Å²) < 4.78 is 1.28. The SMILES string of the molecule is Cc1ccc(C)c2sc(CN)nc12. The molecule has 0 fully saturated rings. The number of aryl methyl sites for hydroxylation is 2. The van der Waals surface area contributed by atoms with Crippen LogP contribution in [0.5, 0.6) is 0 Å². The molecule has 13 heavy (non-hydrogen) atoms. The van der Waals surface area contributed by atoms with E-state index in [1.165, 1.54) is 15.8 Å². The monoisotopic (exact) mass is 192 g/mol. The van der Waals surface area contributed by atoms with Gasteiger partial charge >= 0.3 is 0 Å². The Kier molecular flexibility index (Phi) is 2.06. The zero-order valence-electron chi connectivity index (χ0n) is 7.79. The molecule has 0 radical (unpaired) electrons. The molecule has 0 aliphatic heterocycles. The van der Waals surface area contributed by atoms with Crippen LogP contribution in [0.25, 0.3) is 10.2 Å². The highest BCUT2D eigenvalue weighted by Gasteiger charge is 2.06. The highest BCUT2D eigenvalue weighted by atomic mass is 32.1. The molecule has 0 bridgehead atoms. The van der Waals surface area contributed by atoms with Crippen LogP contribution < -0.4 is 5.73 Å². The van der Waals surface area contributed by atoms with Gasteiger partial charge in [-0.25, -0.2) is 4.98 Å². The lowest BCUT2D eigenvalue weighted by molar-refractivity contribution is 1.05. The fraction of sp³-hybridized carbons (Fsp3) is 0.300. The van der Waals surface area contributed by atoms with E-state index in [1.807, 2.05) is 0 Å². The van der Waals surface area contributed by atoms with Crippen molar-refractivity contribution in [3.8, 4) is 0 Å². The van der Waals surface area contributed by atoms with Gasteiger partial charge in [0.2, 0.25) is 0 Å². The van der Waals surface area contributed by atoms with Crippen LogP contribution in [0, 0.1) is 13.8 Å². The summed E-state index contributed by atoms with van der Waals surface area (Å²) >= 11 is 1.70. The lowest BCUT2D eigenvalue weighted by Gasteiger charge is -1.96. The van der Waals surface area contributed by atoms with Gasteiger partial charge in [0, 0.05) is 6.54 Å². The molecule has 1 aromatic heterocycles. The lowest BCUT2D eigenvalue weighted by Crippen LogP contribution is -1.94. The second-order valence-electron chi connectivity index (χ2n) is 3.19. The van der Waals surface area contributed by atoms with Gasteiger partial charge in [0.1, 0.15) is 5.01 Å². The maximum absolute atomic E-state index is 5.56. The minimum absolute atomic E-state index is 0.540. The second-order valence-corrected chi connectivity index (χ2v) is 4.27. The Balaban J connectivity index is 2.80. The average Bonchev–Trinajstić information content (AvgIpc) is 2.56. The van der Waals surface area contributed by atoms with Crippen LogP contribution in [0.2, 0.25) is 0 Å². The van der Waals surface area contributed by atoms with E-state index < -0.39 is 0 Å². The summed E-state index contributed by atoms with van der Waals surface area (Å²) in [6.45, 7) is 4.74. The van der Waals surface area contributed by atoms with Crippen molar-refractivity contribution in [2.24, 2.45) is 5.73 Å². The first-order valence-corrected chi connectivity index (χ1v) is 5.09. The Morgan fingerprint density at radius 2 is 2.00 bits per heavy atom. The standard InChI is InChI=1S/C10H12N2S/c1-6-3-4-7(2)10-9(6)12-8(5-11)13-10/h3-4H,5,11H2,1-2H3. The molecule has 1 aromatic carbocycles. The van der Waals surface area contributed by atoms with Crippen molar-refractivity contribution >= 4 is 21.6 Å². The first-order chi connectivity index (χ1) is 6.22. The van der Waals surface area contributed by atoms with Crippen LogP contribution in [0.4, 0.5) is 0 Å². The number of aromatic nitrogens is 1. The summed E-state index contributed by atoms with van der Waals surface area (Å²) in [5, 5.41) is 1.02. The van der Waals surface area contributed by atoms with Gasteiger partial charge in [-0.15, -0.1) is 11.3 Å². The Hall–Kier alpha value is -0.930. The molecule has 0 atom stereocenters. The van der Waals surface area contributed by atoms with Crippen molar-refractivity contribution in [2.75, 3.05) is 0 Å². The predicted molar refractivity (Wildman–Crippen MR) is 57.0 cm³/mol. The molecule has 0 aliphatic rings. The quantitative estimate of drug-likeness (QED) is 0.753. The normalized spacial score (nSPS) is 11.0. The molecule has 0 aliphatic carbocycles. The number of thiazole rings is 1. The maximum atomic E-state index is 5.56. The van der Waals surface area contributed by atoms with E-state index in [0.29, 0.717) is 6.54 Å². The highest BCUT2D eigenvalue weighted by molar-refractivity contribution is 7.18. The van der Waals surface area contributed by atoms with Crippen LogP contribution >= 0.6 is 11.3 Å². The minimum atomic E-state index is 0.540. The number of hydrogen-bond donors (Lipinski definition) is 1. The topological polar surface area (TPSA) is 38.9 Å². The Morgan fingerprint density at radius 3 is 2.62 bits per heavy atom. The van der Waals surface area contributed by atoms with Gasteiger partial charge in [-0.1, -0.05) is 12.1 Å². The van der Waals surface area contributed by atoms with Gasteiger partial charge in [-0.05, 0) is 25.0 Å². The molecule has 2 rings (SSSR count). The maximum Gasteiger partial charge on any atom is 0.107 e. The fourth-order valence-corrected chi connectivity index (χ4v) is 2.38. The summed E-state index contributed by atoms with van der Waals surface area (Å²) in [7, 11) is 0. The number of rotatable bonds is 1. The van der Waals surface area contributed by atoms with Gasteiger partial charge in [0.15, 0.2) is 0 Å². The Labute approximate surface area is 81.4 Å². The number of nitrogens with zero attached hydrogens (tertiary/aromatic N) is 1. The Bertz CT molecular complexity index is 406. The number of nitrogens with two attached hydrogens (primary N) is 1. The summed E-state index contributed by atoms with van der Waals surface area (Å²) in [4.78, 5) is 4.49. The van der Waals surface area contributed by atoms with E-state index in [2.05, 4.69) is 31.0 Å². The number of hydrogen-bond acceptors (Lipinski definition) is 3. The lowest BCUT2D eigenvalue weighted by atomic mass is 10.1. The van der Waals surface area contributed by atoms with Crippen LogP contribution in [0.15, 0.2) is 12.1 Å². The summed E-state index contributed by atoms with van der Waals surface area (Å²) in [5.41, 5.74) is 9.20. The number of benzene rings is 1. The zero-order valence-corrected chi connectivity index (χ0v) is 8.61. The molecule has 0 amide bonds. The van der Waals surface area contributed by atoms with Crippen molar-refractivity contribution in [3.63, 3.8) is 0 Å². The molecule has 0 saturated carbocycles. The van der Waals surface area contributed by atoms with Crippen LogP contribution in [-0.4, -0.2) is 4.98 Å². The average molecular weight is 192 g/mol. The Morgan fingerprint density at radius 1 is 1.31 bits per heavy atom. The van der Waals surface area contributed by atoms with Crippen LogP contribution in [-0.2, 0) is 6.54 Å². The minimum Gasteiger partial charge on any atom is -0.325 e. The molecule has 0 saturated heterocycles. The van der Waals surface area contributed by atoms with Gasteiger partial charge in [0.05, 0.1) is 10.2 Å². The number of fused-ring (bicyclic) bond motifs is 1. The van der Waals surface area contributed by atoms with E-state index in [9.17, 15) is 0 Å². The fourth-order valence-electron chi connectivity index (χ4n) is 1.39. The van der Waals surface area contributed by atoms with Crippen LogP contribution in [0.3, 0.4) is 0 Å². The molecule has 0 unspecified atom stereocenters. The molecule has 3 heteroatoms. The third-order valence-electron chi connectivity index (χ3n) is 2.16. The highest BCUT2D eigenvalue weighted by Crippen LogP contribution is 2.27. The van der Waals surface area contributed by atoms with Gasteiger partial charge in [-0.2, -0.15) is 0 Å². The van der Waals surface area contributed by atoms with Gasteiger partial charge in [-0.3, -0.25) is 0 Å². The summed E-state index contributed by atoms with van der Waals surface area (Å²) in [6, 6.07) is 4.24. The first kappa shape index (κ1) is 8.66. The van der Waals surface area contributed by atoms with Crippen molar-refractivity contribution < 1.29 is 0 Å². The van der Waals surface area contributed by atoms with Gasteiger partial charge < -0.3 is 5.73 Å². The second kappa shape index (κ2) is 3.09. The van der Waals surface area contributed by atoms with E-state index in [1.54, 1.807) is 11.3 Å². The van der Waals surface area contributed by atoms with Crippen LogP contribution in [0.1, 0.15) is 16.1 Å². The largest absolute Gasteiger partial charge is 0.325 e. The smallest absolute Gasteiger partial charge is 0.107 e. The summed E-state index contributed by atoms with van der Waals surface area (Å²) in [5.74, 6) is 0. The molecule has 1 heterocycles. The molecule has 2 N–H and O–H groups in total. The van der Waals surface area contributed by atoms with E-state index in [4.69, 9.17) is 5.73 Å². The first-order valence-electron chi connectivity index (χ1n) is 4.28. The molecule has 2 nitrogen and oxygen atoms in total. The van der Waals surface area contributed by atoms with Crippen molar-refractivity contribution in [3.05, 3.63) is 28.3 Å². The molecule has 2 aromatic rings. The van der Waals surface area contributed by atoms with E-state index in [0.717, 1.165) is 10.5 Å². The third kappa shape index (κ3) is 1.34. The van der Waals surface area contributed by atoms with Gasteiger partial charge in [0.25, 0.3) is 0 Å². The molecular weight excluding hydrogens is 180 g/mol. The van der Waals surface area contributed by atoms with Crippen molar-refractivity contribution in [2.45, 2.75) is 20.4 Å². The van der Waals surface area contributed by atoms with E-state index >= 15 is 0 Å². The summed E-state index contributed by atoms with van der Waals surface area (Å²) in [6.07, 6.45) is 0. The zero-order chi connectivity index (χ0) is 9.42. The molecular formula is C10H12N2S. The van der Waals surface area contributed by atoms with Crippen molar-refractivity contribution in [1.82, 2.24) is 4.98 Å². The molecule has 0 spiro atoms. The molecule has 68 valence electrons. The van der Waals surface area contributed by atoms with E-state index in [-0.39, 0.29) is 0 Å².